The van der Waals surface area contributed by atoms with Gasteiger partial charge in [-0.2, -0.15) is 0 Å². The van der Waals surface area contributed by atoms with Gasteiger partial charge in [-0.1, -0.05) is 6.07 Å². The van der Waals surface area contributed by atoms with Gasteiger partial charge in [-0.05, 0) is 44.0 Å². The first-order chi connectivity index (χ1) is 11.5. The molecule has 0 spiro atoms. The van der Waals surface area contributed by atoms with Crippen LogP contribution in [0.3, 0.4) is 0 Å². The van der Waals surface area contributed by atoms with E-state index in [0.29, 0.717) is 6.54 Å². The number of aromatic nitrogens is 1. The molecule has 0 atom stereocenters. The molecule has 0 fully saturated rings. The van der Waals surface area contributed by atoms with Crippen LogP contribution in [0.1, 0.15) is 28.8 Å². The molecule has 130 valence electrons. The first-order valence-electron chi connectivity index (χ1n) is 8.06. The Morgan fingerprint density at radius 3 is 2.75 bits per heavy atom. The molecule has 1 aromatic carbocycles. The van der Waals surface area contributed by atoms with Gasteiger partial charge >= 0.3 is 0 Å². The molecule has 1 heterocycles. The second-order valence-electron chi connectivity index (χ2n) is 5.74. The molecule has 1 N–H and O–H groups in total. The number of benzene rings is 1. The Hall–Kier alpha value is -2.08. The Labute approximate surface area is 148 Å². The smallest absolute Gasteiger partial charge is 0.194 e. The number of nitrogens with zero attached hydrogens (tertiary/aromatic N) is 3. The number of thiazole rings is 1. The lowest BCUT2D eigenvalue weighted by atomic mass is 10.1. The fraction of sp³-hybridized carbons (Fsp3) is 0.444. The molecule has 24 heavy (non-hydrogen) atoms. The van der Waals surface area contributed by atoms with E-state index in [4.69, 9.17) is 9.73 Å². The first kappa shape index (κ1) is 18.3. The van der Waals surface area contributed by atoms with Crippen molar-refractivity contribution in [3.8, 4) is 5.75 Å². The van der Waals surface area contributed by atoms with Crippen LogP contribution >= 0.6 is 11.3 Å². The molecule has 0 bridgehead atoms. The van der Waals surface area contributed by atoms with Gasteiger partial charge in [0, 0.05) is 19.0 Å². The zero-order valence-corrected chi connectivity index (χ0v) is 15.9. The van der Waals surface area contributed by atoms with Crippen LogP contribution in [0.5, 0.6) is 5.75 Å². The van der Waals surface area contributed by atoms with Gasteiger partial charge < -0.3 is 15.0 Å². The standard InChI is InChI=1S/C18H26N4OS/c1-6-19-18(22(4)11-16-12-24-14(3)21-16)20-10-15-7-13(2)8-17(9-15)23-5/h7-9,12H,6,10-11H2,1-5H3,(H,19,20). The first-order valence-corrected chi connectivity index (χ1v) is 8.94. The Morgan fingerprint density at radius 1 is 1.33 bits per heavy atom. The van der Waals surface area contributed by atoms with E-state index >= 15 is 0 Å². The Balaban J connectivity index is 2.10. The van der Waals surface area contributed by atoms with Crippen LogP contribution in [-0.4, -0.2) is 36.5 Å². The molecule has 6 heteroatoms. The minimum atomic E-state index is 0.612. The van der Waals surface area contributed by atoms with Crippen LogP contribution in [-0.2, 0) is 13.1 Å². The van der Waals surface area contributed by atoms with Crippen molar-refractivity contribution in [1.82, 2.24) is 15.2 Å². The lowest BCUT2D eigenvalue weighted by molar-refractivity contribution is 0.414. The van der Waals surface area contributed by atoms with Crippen molar-refractivity contribution < 1.29 is 4.74 Å². The largest absolute Gasteiger partial charge is 0.497 e. The van der Waals surface area contributed by atoms with Crippen molar-refractivity contribution in [3.63, 3.8) is 0 Å². The van der Waals surface area contributed by atoms with Gasteiger partial charge in [0.05, 0.1) is 30.9 Å². The highest BCUT2D eigenvalue weighted by Crippen LogP contribution is 2.17. The molecule has 2 aromatic rings. The van der Waals surface area contributed by atoms with Crippen molar-refractivity contribution in [1.29, 1.82) is 0 Å². The number of aliphatic imine (C=N–C) groups is 1. The minimum Gasteiger partial charge on any atom is -0.497 e. The number of hydrogen-bond donors (Lipinski definition) is 1. The summed E-state index contributed by atoms with van der Waals surface area (Å²) in [5.74, 6) is 1.75. The van der Waals surface area contributed by atoms with Crippen LogP contribution in [0.25, 0.3) is 0 Å². The Morgan fingerprint density at radius 2 is 2.12 bits per heavy atom. The minimum absolute atomic E-state index is 0.612. The summed E-state index contributed by atoms with van der Waals surface area (Å²) in [5, 5.41) is 6.53. The van der Waals surface area contributed by atoms with Crippen LogP contribution in [0, 0.1) is 13.8 Å². The number of ether oxygens (including phenoxy) is 1. The highest BCUT2D eigenvalue weighted by molar-refractivity contribution is 7.09. The average molecular weight is 347 g/mol. The summed E-state index contributed by atoms with van der Waals surface area (Å²) in [6, 6.07) is 6.19. The zero-order chi connectivity index (χ0) is 17.5. The van der Waals surface area contributed by atoms with E-state index in [9.17, 15) is 0 Å². The quantitative estimate of drug-likeness (QED) is 0.644. The van der Waals surface area contributed by atoms with Gasteiger partial charge in [0.1, 0.15) is 5.75 Å². The third kappa shape index (κ3) is 5.23. The second kappa shape index (κ2) is 8.68. The summed E-state index contributed by atoms with van der Waals surface area (Å²) < 4.78 is 5.34. The van der Waals surface area contributed by atoms with Crippen LogP contribution in [0.2, 0.25) is 0 Å². The van der Waals surface area contributed by atoms with E-state index in [1.54, 1.807) is 18.4 Å². The lowest BCUT2D eigenvalue weighted by Crippen LogP contribution is -2.38. The van der Waals surface area contributed by atoms with Gasteiger partial charge in [0.15, 0.2) is 5.96 Å². The summed E-state index contributed by atoms with van der Waals surface area (Å²) in [6.07, 6.45) is 0. The molecule has 0 unspecified atom stereocenters. The number of nitrogens with one attached hydrogen (secondary N) is 1. The van der Waals surface area contributed by atoms with E-state index in [2.05, 4.69) is 40.5 Å². The van der Waals surface area contributed by atoms with Crippen molar-refractivity contribution >= 4 is 17.3 Å². The van der Waals surface area contributed by atoms with Crippen LogP contribution in [0.15, 0.2) is 28.6 Å². The fourth-order valence-corrected chi connectivity index (χ4v) is 3.07. The molecule has 2 rings (SSSR count). The number of methoxy groups -OCH3 is 1. The highest BCUT2D eigenvalue weighted by Gasteiger charge is 2.09. The van der Waals surface area contributed by atoms with Gasteiger partial charge in [-0.3, -0.25) is 0 Å². The molecular formula is C18H26N4OS. The molecule has 0 aliphatic carbocycles. The van der Waals surface area contributed by atoms with Gasteiger partial charge in [0.25, 0.3) is 0 Å². The molecule has 0 amide bonds. The summed E-state index contributed by atoms with van der Waals surface area (Å²) in [4.78, 5) is 11.4. The highest BCUT2D eigenvalue weighted by atomic mass is 32.1. The molecule has 5 nitrogen and oxygen atoms in total. The van der Waals surface area contributed by atoms with Gasteiger partial charge in [-0.15, -0.1) is 11.3 Å². The number of guanidine groups is 1. The van der Waals surface area contributed by atoms with Crippen LogP contribution < -0.4 is 10.1 Å². The predicted octanol–water partition coefficient (Wildman–Crippen LogP) is 3.37. The van der Waals surface area contributed by atoms with Gasteiger partial charge in [-0.25, -0.2) is 9.98 Å². The Kier molecular flexibility index (Phi) is 6.61. The predicted molar refractivity (Wildman–Crippen MR) is 101 cm³/mol. The number of aryl methyl sites for hydroxylation is 2. The van der Waals surface area contributed by atoms with E-state index < -0.39 is 0 Å². The van der Waals surface area contributed by atoms with Crippen molar-refractivity contribution in [2.75, 3.05) is 20.7 Å². The molecule has 0 saturated carbocycles. The summed E-state index contributed by atoms with van der Waals surface area (Å²) in [5.41, 5.74) is 3.39. The Bertz CT molecular complexity index is 696. The summed E-state index contributed by atoms with van der Waals surface area (Å²) >= 11 is 1.68. The molecule has 1 aromatic heterocycles. The zero-order valence-electron chi connectivity index (χ0n) is 15.1. The SMILES string of the molecule is CCNC(=NCc1cc(C)cc(OC)c1)N(C)Cc1csc(C)n1. The van der Waals surface area contributed by atoms with Gasteiger partial charge in [0.2, 0.25) is 0 Å². The maximum Gasteiger partial charge on any atom is 0.194 e. The molecule has 0 radical (unpaired) electrons. The second-order valence-corrected chi connectivity index (χ2v) is 6.80. The lowest BCUT2D eigenvalue weighted by Gasteiger charge is -2.21. The van der Waals surface area contributed by atoms with Crippen molar-refractivity contribution in [2.45, 2.75) is 33.9 Å². The maximum atomic E-state index is 5.34. The monoisotopic (exact) mass is 346 g/mol. The average Bonchev–Trinajstić information content (AvgIpc) is 2.95. The summed E-state index contributed by atoms with van der Waals surface area (Å²) in [7, 11) is 3.72. The topological polar surface area (TPSA) is 49.8 Å². The molecule has 0 saturated heterocycles. The van der Waals surface area contributed by atoms with E-state index in [1.165, 1.54) is 5.56 Å². The van der Waals surface area contributed by atoms with Crippen molar-refractivity contribution in [3.05, 3.63) is 45.4 Å². The third-order valence-corrected chi connectivity index (χ3v) is 4.34. The number of hydrogen-bond acceptors (Lipinski definition) is 4. The molecule has 0 aliphatic rings. The third-order valence-electron chi connectivity index (χ3n) is 3.52. The summed E-state index contributed by atoms with van der Waals surface area (Å²) in [6.45, 7) is 8.35. The van der Waals surface area contributed by atoms with E-state index in [1.807, 2.05) is 26.1 Å². The van der Waals surface area contributed by atoms with E-state index in [-0.39, 0.29) is 0 Å². The van der Waals surface area contributed by atoms with Crippen molar-refractivity contribution in [2.24, 2.45) is 4.99 Å². The van der Waals surface area contributed by atoms with E-state index in [0.717, 1.165) is 41.1 Å². The molecular weight excluding hydrogens is 320 g/mol. The van der Waals surface area contributed by atoms with Crippen LogP contribution in [0.4, 0.5) is 0 Å². The fourth-order valence-electron chi connectivity index (χ4n) is 2.47. The molecule has 0 aliphatic heterocycles. The maximum absolute atomic E-state index is 5.34. The normalized spacial score (nSPS) is 11.5. The number of rotatable bonds is 6.